The van der Waals surface area contributed by atoms with Crippen molar-refractivity contribution >= 4 is 18.2 Å². The standard InChI is InChI=1S/C33H28F4N6O2S/c34-26-14-6-22(7-15-26)19-46-32-39-31(45)27-2-1-3-28(27)42(32)18-30-41-40-29(16-38-20-44)43(30)17-21-4-8-23(9-5-21)24-10-12-25(13-11-24)33(35,36)37/h4-15,20H,1-3,16-19H2,(H,38,44). The number of thioether (sulfide) groups is 1. The van der Waals surface area contributed by atoms with Gasteiger partial charge in [-0.1, -0.05) is 60.3 Å². The highest BCUT2D eigenvalue weighted by molar-refractivity contribution is 7.98. The number of amides is 1. The van der Waals surface area contributed by atoms with Crippen LogP contribution in [0.2, 0.25) is 0 Å². The van der Waals surface area contributed by atoms with Crippen molar-refractivity contribution in [1.29, 1.82) is 0 Å². The van der Waals surface area contributed by atoms with Gasteiger partial charge in [0.05, 0.1) is 25.2 Å². The van der Waals surface area contributed by atoms with Gasteiger partial charge in [0, 0.05) is 17.0 Å². The molecule has 0 bridgehead atoms. The normalized spacial score (nSPS) is 12.7. The predicted molar refractivity (Wildman–Crippen MR) is 164 cm³/mol. The van der Waals surface area contributed by atoms with Crippen LogP contribution in [0.25, 0.3) is 11.1 Å². The third-order valence-electron chi connectivity index (χ3n) is 7.87. The van der Waals surface area contributed by atoms with E-state index in [4.69, 9.17) is 0 Å². The lowest BCUT2D eigenvalue weighted by molar-refractivity contribution is -0.137. The van der Waals surface area contributed by atoms with Gasteiger partial charge < -0.3 is 14.5 Å². The summed E-state index contributed by atoms with van der Waals surface area (Å²) in [4.78, 5) is 28.4. The number of hydrogen-bond acceptors (Lipinski definition) is 6. The topological polar surface area (TPSA) is 94.7 Å². The van der Waals surface area contributed by atoms with Crippen molar-refractivity contribution in [2.45, 2.75) is 56.0 Å². The van der Waals surface area contributed by atoms with Crippen LogP contribution in [-0.4, -0.2) is 30.7 Å². The molecule has 1 aliphatic rings. The zero-order chi connectivity index (χ0) is 32.3. The molecule has 0 aliphatic heterocycles. The molecule has 0 atom stereocenters. The van der Waals surface area contributed by atoms with E-state index in [1.807, 2.05) is 33.4 Å². The molecule has 0 radical (unpaired) electrons. The van der Waals surface area contributed by atoms with E-state index >= 15 is 0 Å². The Balaban J connectivity index is 1.29. The number of benzene rings is 3. The first kappa shape index (κ1) is 31.2. The monoisotopic (exact) mass is 648 g/mol. The molecule has 1 aliphatic carbocycles. The summed E-state index contributed by atoms with van der Waals surface area (Å²) in [5, 5.41) is 12.0. The fraction of sp³-hybridized carbons (Fsp3) is 0.242. The summed E-state index contributed by atoms with van der Waals surface area (Å²) in [5.74, 6) is 1.28. The number of carbonyl (C=O) groups excluding carboxylic acids is 1. The molecule has 8 nitrogen and oxygen atoms in total. The first-order valence-electron chi connectivity index (χ1n) is 14.5. The Morgan fingerprint density at radius 2 is 1.48 bits per heavy atom. The molecule has 6 rings (SSSR count). The molecule has 0 fully saturated rings. The van der Waals surface area contributed by atoms with Crippen LogP contribution in [0.4, 0.5) is 17.6 Å². The smallest absolute Gasteiger partial charge is 0.351 e. The van der Waals surface area contributed by atoms with Crippen LogP contribution in [0.3, 0.4) is 0 Å². The Labute approximate surface area is 265 Å². The summed E-state index contributed by atoms with van der Waals surface area (Å²) in [6, 6.07) is 18.7. The average molecular weight is 649 g/mol. The van der Waals surface area contributed by atoms with Crippen molar-refractivity contribution in [3.63, 3.8) is 0 Å². The number of halogens is 4. The van der Waals surface area contributed by atoms with Gasteiger partial charge in [-0.15, -0.1) is 10.2 Å². The molecule has 0 unspecified atom stereocenters. The second kappa shape index (κ2) is 13.3. The third kappa shape index (κ3) is 6.89. The third-order valence-corrected chi connectivity index (χ3v) is 8.92. The van der Waals surface area contributed by atoms with Crippen molar-refractivity contribution in [2.24, 2.45) is 0 Å². The Kier molecular flexibility index (Phi) is 9.02. The highest BCUT2D eigenvalue weighted by Crippen LogP contribution is 2.31. The first-order valence-corrected chi connectivity index (χ1v) is 15.5. The number of alkyl halides is 3. The van der Waals surface area contributed by atoms with E-state index in [1.54, 1.807) is 12.1 Å². The van der Waals surface area contributed by atoms with Gasteiger partial charge in [0.15, 0.2) is 16.8 Å². The van der Waals surface area contributed by atoms with Crippen LogP contribution >= 0.6 is 11.8 Å². The lowest BCUT2D eigenvalue weighted by atomic mass is 10.0. The molecule has 3 aromatic carbocycles. The summed E-state index contributed by atoms with van der Waals surface area (Å²) < 4.78 is 56.3. The van der Waals surface area contributed by atoms with E-state index in [0.717, 1.165) is 47.4 Å². The summed E-state index contributed by atoms with van der Waals surface area (Å²) >= 11 is 1.39. The van der Waals surface area contributed by atoms with Gasteiger partial charge in [-0.3, -0.25) is 9.59 Å². The molecule has 2 aromatic heterocycles. The van der Waals surface area contributed by atoms with Gasteiger partial charge in [0.25, 0.3) is 5.56 Å². The quantitative estimate of drug-likeness (QED) is 0.0845. The van der Waals surface area contributed by atoms with Crippen LogP contribution < -0.4 is 10.9 Å². The summed E-state index contributed by atoms with van der Waals surface area (Å²) in [6.45, 7) is 0.783. The molecule has 5 aromatic rings. The van der Waals surface area contributed by atoms with Gasteiger partial charge in [-0.25, -0.2) is 4.39 Å². The van der Waals surface area contributed by atoms with E-state index in [0.29, 0.717) is 53.1 Å². The van der Waals surface area contributed by atoms with E-state index in [9.17, 15) is 27.2 Å². The second-order valence-electron chi connectivity index (χ2n) is 10.9. The molecule has 1 amide bonds. The molecular weight excluding hydrogens is 620 g/mol. The highest BCUT2D eigenvalue weighted by atomic mass is 32.2. The molecule has 46 heavy (non-hydrogen) atoms. The fourth-order valence-electron chi connectivity index (χ4n) is 5.50. The highest BCUT2D eigenvalue weighted by Gasteiger charge is 2.30. The Morgan fingerprint density at radius 3 is 2.15 bits per heavy atom. The van der Waals surface area contributed by atoms with Crippen LogP contribution in [0.15, 0.2) is 82.7 Å². The van der Waals surface area contributed by atoms with Crippen molar-refractivity contribution < 1.29 is 22.4 Å². The van der Waals surface area contributed by atoms with Crippen molar-refractivity contribution in [1.82, 2.24) is 29.6 Å². The Hall–Kier alpha value is -4.78. The second-order valence-corrected chi connectivity index (χ2v) is 11.8. The molecular formula is C33H28F4N6O2S. The van der Waals surface area contributed by atoms with Gasteiger partial charge >= 0.3 is 6.18 Å². The number of aromatic nitrogens is 5. The summed E-state index contributed by atoms with van der Waals surface area (Å²) in [5.41, 5.74) is 3.85. The van der Waals surface area contributed by atoms with Crippen LogP contribution in [0.5, 0.6) is 0 Å². The minimum atomic E-state index is -4.40. The fourth-order valence-corrected chi connectivity index (χ4v) is 6.47. The maximum Gasteiger partial charge on any atom is 0.416 e. The molecule has 0 spiro atoms. The Bertz CT molecular complexity index is 1900. The van der Waals surface area contributed by atoms with Gasteiger partial charge in [-0.2, -0.15) is 18.2 Å². The zero-order valence-corrected chi connectivity index (χ0v) is 25.2. The number of fused-ring (bicyclic) bond motifs is 1. The number of nitrogens with zero attached hydrogens (tertiary/aromatic N) is 5. The molecule has 1 N–H and O–H groups in total. The molecule has 13 heteroatoms. The van der Waals surface area contributed by atoms with Gasteiger partial charge in [0.1, 0.15) is 5.82 Å². The van der Waals surface area contributed by atoms with Crippen LogP contribution in [-0.2, 0) is 49.2 Å². The van der Waals surface area contributed by atoms with Gasteiger partial charge in [-0.05, 0) is 65.8 Å². The van der Waals surface area contributed by atoms with E-state index in [-0.39, 0.29) is 24.5 Å². The van der Waals surface area contributed by atoms with E-state index < -0.39 is 11.7 Å². The lowest BCUT2D eigenvalue weighted by Crippen LogP contribution is -2.24. The Morgan fingerprint density at radius 1 is 0.826 bits per heavy atom. The molecule has 0 saturated heterocycles. The summed E-state index contributed by atoms with van der Waals surface area (Å²) in [7, 11) is 0. The van der Waals surface area contributed by atoms with E-state index in [1.165, 1.54) is 36.0 Å². The van der Waals surface area contributed by atoms with E-state index in [2.05, 4.69) is 20.5 Å². The molecule has 2 heterocycles. The van der Waals surface area contributed by atoms with Gasteiger partial charge in [0.2, 0.25) is 6.41 Å². The number of rotatable bonds is 11. The number of hydrogen-bond donors (Lipinski definition) is 1. The van der Waals surface area contributed by atoms with Crippen molar-refractivity contribution in [3.05, 3.63) is 129 Å². The first-order chi connectivity index (χ1) is 22.2. The summed E-state index contributed by atoms with van der Waals surface area (Å²) in [6.07, 6.45) is -1.61. The number of carbonyl (C=O) groups is 1. The minimum absolute atomic E-state index is 0.146. The largest absolute Gasteiger partial charge is 0.416 e. The molecule has 0 saturated carbocycles. The van der Waals surface area contributed by atoms with Crippen molar-refractivity contribution in [3.8, 4) is 11.1 Å². The molecule has 236 valence electrons. The van der Waals surface area contributed by atoms with Crippen LogP contribution in [0.1, 0.15) is 46.0 Å². The number of nitrogens with one attached hydrogen (secondary N) is 1. The SMILES string of the molecule is O=CNCc1nnc(Cn2c(SCc3ccc(F)cc3)nc(=O)c3c2CCC3)n1Cc1ccc(-c2ccc(C(F)(F)F)cc2)cc1. The minimum Gasteiger partial charge on any atom is -0.351 e. The predicted octanol–water partition coefficient (Wildman–Crippen LogP) is 5.78. The van der Waals surface area contributed by atoms with Crippen molar-refractivity contribution in [2.75, 3.05) is 0 Å². The lowest BCUT2D eigenvalue weighted by Gasteiger charge is -2.18. The zero-order valence-electron chi connectivity index (χ0n) is 24.4. The maximum absolute atomic E-state index is 13.4. The van der Waals surface area contributed by atoms with Crippen LogP contribution in [0, 0.1) is 5.82 Å². The maximum atomic E-state index is 13.4. The average Bonchev–Trinajstić information content (AvgIpc) is 3.69.